The Hall–Kier alpha value is -0.830. The Balaban J connectivity index is 1.61. The molecule has 0 saturated heterocycles. The minimum Gasteiger partial charge on any atom is -0.307 e. The van der Waals surface area contributed by atoms with Gasteiger partial charge in [-0.2, -0.15) is 5.10 Å². The third-order valence-corrected chi connectivity index (χ3v) is 4.68. The standard InChI is InChI=1S/C14H23N3/c1-3-17-9-13(8-15-17)10(2)16-14-7-11-4-5-12(14)6-11/h8-12,14,16H,3-7H2,1-2H3. The lowest BCUT2D eigenvalue weighted by molar-refractivity contribution is 0.327. The Morgan fingerprint density at radius 1 is 1.47 bits per heavy atom. The van der Waals surface area contributed by atoms with Gasteiger partial charge < -0.3 is 5.32 Å². The van der Waals surface area contributed by atoms with Crippen LogP contribution in [0.2, 0.25) is 0 Å². The molecule has 94 valence electrons. The Morgan fingerprint density at radius 3 is 2.94 bits per heavy atom. The topological polar surface area (TPSA) is 29.9 Å². The van der Waals surface area contributed by atoms with Crippen LogP contribution in [0.1, 0.15) is 51.1 Å². The van der Waals surface area contributed by atoms with Gasteiger partial charge in [-0.3, -0.25) is 4.68 Å². The smallest absolute Gasteiger partial charge is 0.0537 e. The zero-order valence-corrected chi connectivity index (χ0v) is 10.9. The summed E-state index contributed by atoms with van der Waals surface area (Å²) in [6, 6.07) is 1.20. The number of aryl methyl sites for hydroxylation is 1. The summed E-state index contributed by atoms with van der Waals surface area (Å²) in [5, 5.41) is 8.17. The molecule has 17 heavy (non-hydrogen) atoms. The van der Waals surface area contributed by atoms with Crippen LogP contribution in [-0.4, -0.2) is 15.8 Å². The molecule has 0 spiro atoms. The number of aromatic nitrogens is 2. The first-order chi connectivity index (χ1) is 8.26. The molecule has 4 atom stereocenters. The van der Waals surface area contributed by atoms with Crippen LogP contribution in [0, 0.1) is 11.8 Å². The van der Waals surface area contributed by atoms with Gasteiger partial charge in [-0.1, -0.05) is 6.42 Å². The van der Waals surface area contributed by atoms with E-state index in [2.05, 4.69) is 30.5 Å². The SMILES string of the molecule is CCn1cc(C(C)NC2CC3CCC2C3)cn1. The van der Waals surface area contributed by atoms with Crippen molar-refractivity contribution in [1.29, 1.82) is 0 Å². The molecule has 4 unspecified atom stereocenters. The fraction of sp³-hybridized carbons (Fsp3) is 0.786. The van der Waals surface area contributed by atoms with E-state index < -0.39 is 0 Å². The van der Waals surface area contributed by atoms with Gasteiger partial charge in [0, 0.05) is 30.4 Å². The van der Waals surface area contributed by atoms with Crippen molar-refractivity contribution in [1.82, 2.24) is 15.1 Å². The van der Waals surface area contributed by atoms with E-state index in [-0.39, 0.29) is 0 Å². The summed E-state index contributed by atoms with van der Waals surface area (Å²) >= 11 is 0. The van der Waals surface area contributed by atoms with Crippen LogP contribution in [0.5, 0.6) is 0 Å². The molecular formula is C14H23N3. The van der Waals surface area contributed by atoms with Gasteiger partial charge in [0.2, 0.25) is 0 Å². The summed E-state index contributed by atoms with van der Waals surface area (Å²) < 4.78 is 2.01. The van der Waals surface area contributed by atoms with E-state index in [1.54, 1.807) is 0 Å². The van der Waals surface area contributed by atoms with Crippen molar-refractivity contribution in [3.8, 4) is 0 Å². The highest BCUT2D eigenvalue weighted by Gasteiger charge is 2.39. The number of fused-ring (bicyclic) bond motifs is 2. The number of hydrogen-bond acceptors (Lipinski definition) is 2. The Kier molecular flexibility index (Phi) is 2.95. The van der Waals surface area contributed by atoms with Gasteiger partial charge >= 0.3 is 0 Å². The average Bonchev–Trinajstić information content (AvgIpc) is 3.04. The second kappa shape index (κ2) is 4.45. The Morgan fingerprint density at radius 2 is 2.35 bits per heavy atom. The normalized spacial score (nSPS) is 33.2. The molecule has 2 aliphatic rings. The first-order valence-electron chi connectivity index (χ1n) is 7.04. The molecule has 0 aromatic carbocycles. The van der Waals surface area contributed by atoms with Crippen molar-refractivity contribution < 1.29 is 0 Å². The molecule has 0 radical (unpaired) electrons. The van der Waals surface area contributed by atoms with Gasteiger partial charge in [0.1, 0.15) is 0 Å². The summed E-state index contributed by atoms with van der Waals surface area (Å²) in [5.74, 6) is 1.96. The van der Waals surface area contributed by atoms with Crippen LogP contribution in [0.25, 0.3) is 0 Å². The van der Waals surface area contributed by atoms with E-state index in [1.165, 1.54) is 31.2 Å². The van der Waals surface area contributed by atoms with Crippen molar-refractivity contribution in [3.05, 3.63) is 18.0 Å². The molecule has 2 saturated carbocycles. The van der Waals surface area contributed by atoms with Crippen LogP contribution in [-0.2, 0) is 6.54 Å². The first kappa shape index (κ1) is 11.3. The molecular weight excluding hydrogens is 210 g/mol. The Labute approximate surface area is 104 Å². The number of nitrogens with zero attached hydrogens (tertiary/aromatic N) is 2. The highest BCUT2D eigenvalue weighted by Crippen LogP contribution is 2.45. The van der Waals surface area contributed by atoms with E-state index >= 15 is 0 Å². The summed E-state index contributed by atoms with van der Waals surface area (Å²) in [5.41, 5.74) is 1.33. The average molecular weight is 233 g/mol. The second-order valence-corrected chi connectivity index (χ2v) is 5.80. The summed E-state index contributed by atoms with van der Waals surface area (Å²) in [6.07, 6.45) is 9.98. The Bertz CT molecular complexity index is 385. The molecule has 1 aromatic rings. The largest absolute Gasteiger partial charge is 0.307 e. The van der Waals surface area contributed by atoms with Gasteiger partial charge in [0.25, 0.3) is 0 Å². The van der Waals surface area contributed by atoms with E-state index in [9.17, 15) is 0 Å². The quantitative estimate of drug-likeness (QED) is 0.866. The molecule has 3 rings (SSSR count). The predicted octanol–water partition coefficient (Wildman–Crippen LogP) is 2.74. The highest BCUT2D eigenvalue weighted by molar-refractivity contribution is 5.10. The van der Waals surface area contributed by atoms with Crippen LogP contribution in [0.15, 0.2) is 12.4 Å². The third-order valence-electron chi connectivity index (χ3n) is 4.68. The van der Waals surface area contributed by atoms with Gasteiger partial charge in [-0.15, -0.1) is 0 Å². The maximum Gasteiger partial charge on any atom is 0.0537 e. The molecule has 3 heteroatoms. The van der Waals surface area contributed by atoms with Crippen molar-refractivity contribution >= 4 is 0 Å². The molecule has 0 aliphatic heterocycles. The summed E-state index contributed by atoms with van der Waals surface area (Å²) in [4.78, 5) is 0. The number of rotatable bonds is 4. The number of nitrogens with one attached hydrogen (secondary N) is 1. The maximum absolute atomic E-state index is 4.35. The molecule has 2 fully saturated rings. The monoisotopic (exact) mass is 233 g/mol. The molecule has 1 aromatic heterocycles. The van der Waals surface area contributed by atoms with Crippen LogP contribution in [0.3, 0.4) is 0 Å². The lowest BCUT2D eigenvalue weighted by Gasteiger charge is -2.26. The number of hydrogen-bond donors (Lipinski definition) is 1. The second-order valence-electron chi connectivity index (χ2n) is 5.80. The lowest BCUT2D eigenvalue weighted by atomic mass is 9.94. The molecule has 3 nitrogen and oxygen atoms in total. The van der Waals surface area contributed by atoms with Crippen LogP contribution >= 0.6 is 0 Å². The zero-order valence-electron chi connectivity index (χ0n) is 10.9. The van der Waals surface area contributed by atoms with Crippen LogP contribution < -0.4 is 5.32 Å². The minimum atomic E-state index is 0.444. The zero-order chi connectivity index (χ0) is 11.8. The van der Waals surface area contributed by atoms with Crippen LogP contribution in [0.4, 0.5) is 0 Å². The highest BCUT2D eigenvalue weighted by atomic mass is 15.3. The molecule has 2 aliphatic carbocycles. The minimum absolute atomic E-state index is 0.444. The fourth-order valence-corrected chi connectivity index (χ4v) is 3.64. The molecule has 0 amide bonds. The molecule has 1 N–H and O–H groups in total. The fourth-order valence-electron chi connectivity index (χ4n) is 3.64. The molecule has 2 bridgehead atoms. The van der Waals surface area contributed by atoms with E-state index in [1.807, 2.05) is 10.9 Å². The van der Waals surface area contributed by atoms with E-state index in [4.69, 9.17) is 0 Å². The van der Waals surface area contributed by atoms with Gasteiger partial charge in [0.15, 0.2) is 0 Å². The van der Waals surface area contributed by atoms with Gasteiger partial charge in [-0.05, 0) is 44.9 Å². The summed E-state index contributed by atoms with van der Waals surface area (Å²) in [7, 11) is 0. The lowest BCUT2D eigenvalue weighted by Crippen LogP contribution is -2.35. The van der Waals surface area contributed by atoms with E-state index in [0.29, 0.717) is 6.04 Å². The first-order valence-corrected chi connectivity index (χ1v) is 7.04. The van der Waals surface area contributed by atoms with Gasteiger partial charge in [0.05, 0.1) is 6.20 Å². The van der Waals surface area contributed by atoms with Gasteiger partial charge in [-0.25, -0.2) is 0 Å². The van der Waals surface area contributed by atoms with Crippen molar-refractivity contribution in [3.63, 3.8) is 0 Å². The third kappa shape index (κ3) is 2.13. The van der Waals surface area contributed by atoms with Crippen molar-refractivity contribution in [2.24, 2.45) is 11.8 Å². The predicted molar refractivity (Wildman–Crippen MR) is 68.7 cm³/mol. The van der Waals surface area contributed by atoms with Crippen molar-refractivity contribution in [2.75, 3.05) is 0 Å². The maximum atomic E-state index is 4.35. The molecule has 1 heterocycles. The van der Waals surface area contributed by atoms with Crippen molar-refractivity contribution in [2.45, 2.75) is 58.2 Å². The van der Waals surface area contributed by atoms with E-state index in [0.717, 1.165) is 24.4 Å². The summed E-state index contributed by atoms with van der Waals surface area (Å²) in [6.45, 7) is 5.36.